The molecule has 0 heterocycles. The van der Waals surface area contributed by atoms with E-state index in [-0.39, 0.29) is 27.0 Å². The second-order valence-electron chi connectivity index (χ2n) is 7.96. The topological polar surface area (TPSA) is 129 Å². The Hall–Kier alpha value is -3.95. The van der Waals surface area contributed by atoms with Crippen LogP contribution in [0.2, 0.25) is 10.0 Å². The van der Waals surface area contributed by atoms with Gasteiger partial charge < -0.3 is 20.8 Å². The van der Waals surface area contributed by atoms with Gasteiger partial charge in [0.25, 0.3) is 0 Å². The molecule has 40 heavy (non-hydrogen) atoms. The van der Waals surface area contributed by atoms with Crippen molar-refractivity contribution in [2.24, 2.45) is 0 Å². The summed E-state index contributed by atoms with van der Waals surface area (Å²) in [4.78, 5) is 27.9. The summed E-state index contributed by atoms with van der Waals surface area (Å²) in [6.07, 6.45) is 0. The standard InChI is InChI=1S/C27H17Br2Cl2N5O4/c28-16-7-1-3-9-19(16)33-26(39)35(21-11-5-6-15(14-32)24(21)37)36(22-13-12-18(30)23(31)25(22)38)27(40)34-20-10-4-2-8-17(20)29/h1-13,37-38H,(H,33,39)(H,34,40). The highest BCUT2D eigenvalue weighted by Gasteiger charge is 2.35. The summed E-state index contributed by atoms with van der Waals surface area (Å²) in [5.41, 5.74) is -0.0174. The normalized spacial score (nSPS) is 10.4. The zero-order valence-corrected chi connectivity index (χ0v) is 24.8. The third kappa shape index (κ3) is 5.95. The van der Waals surface area contributed by atoms with Gasteiger partial charge in [-0.3, -0.25) is 0 Å². The van der Waals surface area contributed by atoms with Crippen molar-refractivity contribution in [1.82, 2.24) is 0 Å². The van der Waals surface area contributed by atoms with Gasteiger partial charge in [0.2, 0.25) is 0 Å². The maximum absolute atomic E-state index is 13.9. The van der Waals surface area contributed by atoms with Crippen LogP contribution in [0.3, 0.4) is 0 Å². The average Bonchev–Trinajstić information content (AvgIpc) is 2.94. The van der Waals surface area contributed by atoms with Crippen LogP contribution >= 0.6 is 55.1 Å². The number of hydrogen-bond donors (Lipinski definition) is 4. The number of phenolic OH excluding ortho intramolecular Hbond substituents is 2. The fourth-order valence-corrected chi connectivity index (χ4v) is 4.65. The number of rotatable bonds is 4. The molecule has 0 spiro atoms. The van der Waals surface area contributed by atoms with Crippen molar-refractivity contribution in [3.63, 3.8) is 0 Å². The molecule has 0 unspecified atom stereocenters. The molecule has 202 valence electrons. The molecule has 0 aliphatic carbocycles. The summed E-state index contributed by atoms with van der Waals surface area (Å²) in [6, 6.07) is 20.1. The molecule has 13 heteroatoms. The Labute approximate surface area is 255 Å². The maximum Gasteiger partial charge on any atom is 0.346 e. The minimum Gasteiger partial charge on any atom is -0.504 e. The lowest BCUT2D eigenvalue weighted by Crippen LogP contribution is -2.54. The molecule has 4 amide bonds. The Kier molecular flexibility index (Phi) is 9.07. The third-order valence-electron chi connectivity index (χ3n) is 5.45. The molecule has 0 saturated carbocycles. The second kappa shape index (κ2) is 12.5. The van der Waals surface area contributed by atoms with E-state index < -0.39 is 23.6 Å². The summed E-state index contributed by atoms with van der Waals surface area (Å²) in [5, 5.41) is 38.1. The predicted octanol–water partition coefficient (Wildman–Crippen LogP) is 8.49. The van der Waals surface area contributed by atoms with Crippen molar-refractivity contribution in [2.45, 2.75) is 0 Å². The second-order valence-corrected chi connectivity index (χ2v) is 10.5. The van der Waals surface area contributed by atoms with E-state index in [2.05, 4.69) is 42.5 Å². The average molecular weight is 706 g/mol. The van der Waals surface area contributed by atoms with E-state index in [1.165, 1.54) is 30.3 Å². The smallest absolute Gasteiger partial charge is 0.346 e. The predicted molar refractivity (Wildman–Crippen MR) is 162 cm³/mol. The van der Waals surface area contributed by atoms with E-state index >= 15 is 0 Å². The molecule has 0 fully saturated rings. The third-order valence-corrected chi connectivity index (χ3v) is 7.63. The van der Waals surface area contributed by atoms with Crippen molar-refractivity contribution in [3.8, 4) is 17.6 Å². The van der Waals surface area contributed by atoms with Gasteiger partial charge in [0.05, 0.1) is 22.0 Å². The minimum atomic E-state index is -0.940. The molecule has 4 rings (SSSR count). The Morgan fingerprint density at radius 1 is 0.725 bits per heavy atom. The number of hydrazine groups is 1. The number of aromatic hydroxyl groups is 2. The number of halogens is 4. The summed E-state index contributed by atoms with van der Waals surface area (Å²) in [5.74, 6) is -1.21. The Bertz CT molecular complexity index is 1660. The minimum absolute atomic E-state index is 0.00683. The van der Waals surface area contributed by atoms with Crippen LogP contribution in [0.25, 0.3) is 0 Å². The van der Waals surface area contributed by atoms with Gasteiger partial charge in [-0.15, -0.1) is 0 Å². The molecule has 0 saturated heterocycles. The number of carbonyl (C=O) groups excluding carboxylic acids is 2. The first-order chi connectivity index (χ1) is 19.1. The number of nitrogens with one attached hydrogen (secondary N) is 2. The number of nitrogens with zero attached hydrogens (tertiary/aromatic N) is 3. The summed E-state index contributed by atoms with van der Waals surface area (Å²) < 4.78 is 1.06. The number of para-hydroxylation sites is 3. The largest absolute Gasteiger partial charge is 0.504 e. The maximum atomic E-state index is 13.9. The quantitative estimate of drug-likeness (QED) is 0.158. The highest BCUT2D eigenvalue weighted by molar-refractivity contribution is 9.11. The highest BCUT2D eigenvalue weighted by Crippen LogP contribution is 2.42. The van der Waals surface area contributed by atoms with E-state index in [0.29, 0.717) is 20.3 Å². The number of carbonyl (C=O) groups is 2. The molecular formula is C27H17Br2Cl2N5O4. The molecule has 4 aromatic rings. The van der Waals surface area contributed by atoms with Crippen molar-refractivity contribution < 1.29 is 19.8 Å². The molecule has 0 radical (unpaired) electrons. The molecule has 4 N–H and O–H groups in total. The van der Waals surface area contributed by atoms with E-state index in [1.807, 2.05) is 6.07 Å². The van der Waals surface area contributed by atoms with Gasteiger partial charge in [0.15, 0.2) is 11.5 Å². The van der Waals surface area contributed by atoms with Crippen molar-refractivity contribution in [1.29, 1.82) is 5.26 Å². The Morgan fingerprint density at radius 3 is 1.73 bits per heavy atom. The number of urea groups is 2. The van der Waals surface area contributed by atoms with E-state index in [1.54, 1.807) is 48.5 Å². The number of amides is 4. The highest BCUT2D eigenvalue weighted by atomic mass is 79.9. The number of hydrogen-bond acceptors (Lipinski definition) is 5. The number of benzene rings is 4. The van der Waals surface area contributed by atoms with Crippen LogP contribution in [0.5, 0.6) is 11.5 Å². The van der Waals surface area contributed by atoms with E-state index in [9.17, 15) is 25.1 Å². The van der Waals surface area contributed by atoms with Crippen LogP contribution in [0, 0.1) is 11.3 Å². The molecule has 4 aromatic carbocycles. The van der Waals surface area contributed by atoms with Crippen molar-refractivity contribution in [3.05, 3.63) is 103 Å². The number of anilines is 4. The summed E-state index contributed by atoms with van der Waals surface area (Å²) in [6.45, 7) is 0. The summed E-state index contributed by atoms with van der Waals surface area (Å²) in [7, 11) is 0. The van der Waals surface area contributed by atoms with Crippen LogP contribution in [0.1, 0.15) is 5.56 Å². The molecule has 0 aliphatic rings. The van der Waals surface area contributed by atoms with E-state index in [0.717, 1.165) is 10.0 Å². The first-order valence-electron chi connectivity index (χ1n) is 11.2. The molecule has 0 aromatic heterocycles. The zero-order chi connectivity index (χ0) is 29.0. The van der Waals surface area contributed by atoms with Crippen LogP contribution in [0.4, 0.5) is 32.3 Å². The van der Waals surface area contributed by atoms with Gasteiger partial charge in [-0.25, -0.2) is 9.59 Å². The molecule has 0 aliphatic heterocycles. The van der Waals surface area contributed by atoms with Crippen LogP contribution < -0.4 is 20.7 Å². The SMILES string of the molecule is N#Cc1cccc(N(C(=O)Nc2ccccc2Br)N(C(=O)Nc2ccccc2Br)c2ccc(Cl)c(Cl)c2O)c1O. The molecule has 0 bridgehead atoms. The first-order valence-corrected chi connectivity index (χ1v) is 13.6. The fraction of sp³-hybridized carbons (Fsp3) is 0. The Morgan fingerprint density at radius 2 is 1.23 bits per heavy atom. The number of nitriles is 1. The van der Waals surface area contributed by atoms with Gasteiger partial charge >= 0.3 is 12.1 Å². The lowest BCUT2D eigenvalue weighted by atomic mass is 10.2. The van der Waals surface area contributed by atoms with Crippen molar-refractivity contribution in [2.75, 3.05) is 20.7 Å². The first kappa shape index (κ1) is 29.0. The van der Waals surface area contributed by atoms with Gasteiger partial charge in [-0.05, 0) is 80.4 Å². The van der Waals surface area contributed by atoms with Gasteiger partial charge in [0, 0.05) is 8.95 Å². The lowest BCUT2D eigenvalue weighted by Gasteiger charge is -2.35. The van der Waals surface area contributed by atoms with Gasteiger partial charge in [-0.1, -0.05) is 53.5 Å². The lowest BCUT2D eigenvalue weighted by molar-refractivity contribution is 0.248. The number of phenols is 2. The van der Waals surface area contributed by atoms with Crippen LogP contribution in [-0.2, 0) is 0 Å². The van der Waals surface area contributed by atoms with Crippen LogP contribution in [0.15, 0.2) is 87.8 Å². The summed E-state index contributed by atoms with van der Waals surface area (Å²) >= 11 is 19.0. The molecule has 9 nitrogen and oxygen atoms in total. The zero-order valence-electron chi connectivity index (χ0n) is 20.1. The van der Waals surface area contributed by atoms with Gasteiger partial charge in [-0.2, -0.15) is 15.3 Å². The monoisotopic (exact) mass is 703 g/mol. The molecule has 0 atom stereocenters. The van der Waals surface area contributed by atoms with Gasteiger partial charge in [0.1, 0.15) is 22.5 Å². The van der Waals surface area contributed by atoms with E-state index in [4.69, 9.17) is 23.2 Å². The van der Waals surface area contributed by atoms with Crippen molar-refractivity contribution >= 4 is 89.9 Å². The molecular weight excluding hydrogens is 689 g/mol. The fourth-order valence-electron chi connectivity index (χ4n) is 3.57. The van der Waals surface area contributed by atoms with Crippen LogP contribution in [-0.4, -0.2) is 22.3 Å². The Balaban J connectivity index is 1.96.